The lowest BCUT2D eigenvalue weighted by Crippen LogP contribution is -2.16. The van der Waals surface area contributed by atoms with Crippen LogP contribution < -0.4 is 4.74 Å². The number of aromatic nitrogens is 1. The Labute approximate surface area is 154 Å². The van der Waals surface area contributed by atoms with Crippen molar-refractivity contribution in [2.24, 2.45) is 0 Å². The summed E-state index contributed by atoms with van der Waals surface area (Å²) in [6, 6.07) is 6.81. The van der Waals surface area contributed by atoms with Gasteiger partial charge in [-0.1, -0.05) is 25.6 Å². The van der Waals surface area contributed by atoms with Crippen LogP contribution in [0.15, 0.2) is 36.5 Å². The Bertz CT molecular complexity index is 1060. The second-order valence-corrected chi connectivity index (χ2v) is 12.4. The number of thiophene rings is 1. The van der Waals surface area contributed by atoms with E-state index < -0.39 is 18.8 Å². The van der Waals surface area contributed by atoms with Gasteiger partial charge in [0.2, 0.25) is 0 Å². The van der Waals surface area contributed by atoms with Crippen LogP contribution in [0.4, 0.5) is 10.1 Å². The number of nitrogens with zero attached hydrogens (tertiary/aromatic N) is 2. The van der Waals surface area contributed by atoms with Crippen LogP contribution in [0.25, 0.3) is 10.2 Å². The lowest BCUT2D eigenvalue weighted by molar-refractivity contribution is -0.385. The van der Waals surface area contributed by atoms with Crippen LogP contribution in [-0.2, 0) is 0 Å². The van der Waals surface area contributed by atoms with Gasteiger partial charge >= 0.3 is 0 Å². The van der Waals surface area contributed by atoms with E-state index in [9.17, 15) is 14.5 Å². The molecule has 8 heteroatoms. The van der Waals surface area contributed by atoms with Gasteiger partial charge in [-0.15, -0.1) is 16.9 Å². The van der Waals surface area contributed by atoms with Gasteiger partial charge in [-0.05, 0) is 12.1 Å². The number of rotatable bonds is 3. The zero-order valence-corrected chi connectivity index (χ0v) is 16.2. The summed E-state index contributed by atoms with van der Waals surface area (Å²) in [7, 11) is -1.50. The average molecular weight is 386 g/mol. The van der Waals surface area contributed by atoms with E-state index in [1.807, 2.05) is 6.07 Å². The highest BCUT2D eigenvalue weighted by molar-refractivity contribution is 7.19. The second-order valence-electron chi connectivity index (χ2n) is 6.61. The first-order valence-corrected chi connectivity index (χ1v) is 12.1. The molecule has 0 N–H and O–H groups in total. The smallest absolute Gasteiger partial charge is 0.272 e. The molecule has 0 saturated heterocycles. The number of nitro benzene ring substituents is 1. The maximum absolute atomic E-state index is 14.1. The molecule has 2 heterocycles. The van der Waals surface area contributed by atoms with Crippen molar-refractivity contribution in [3.05, 3.63) is 57.3 Å². The molecular formula is C18H15FN2O3SSi. The normalized spacial score (nSPS) is 11.1. The number of halogens is 1. The molecule has 0 bridgehead atoms. The fourth-order valence-corrected chi connectivity index (χ4v) is 3.63. The summed E-state index contributed by atoms with van der Waals surface area (Å²) >= 11 is 1.43. The van der Waals surface area contributed by atoms with E-state index in [-0.39, 0.29) is 11.4 Å². The monoisotopic (exact) mass is 386 g/mol. The number of non-ortho nitro benzene ring substituents is 1. The number of ether oxygens (including phenoxy) is 1. The Morgan fingerprint density at radius 2 is 2.00 bits per heavy atom. The highest BCUT2D eigenvalue weighted by atomic mass is 32.1. The van der Waals surface area contributed by atoms with E-state index in [4.69, 9.17) is 4.74 Å². The van der Waals surface area contributed by atoms with Crippen LogP contribution in [0, 0.1) is 27.4 Å². The van der Waals surface area contributed by atoms with Gasteiger partial charge < -0.3 is 4.74 Å². The summed E-state index contributed by atoms with van der Waals surface area (Å²) in [5, 5.41) is 10.7. The van der Waals surface area contributed by atoms with Crippen molar-refractivity contribution in [3.8, 4) is 23.0 Å². The summed E-state index contributed by atoms with van der Waals surface area (Å²) in [5.41, 5.74) is 3.69. The van der Waals surface area contributed by atoms with E-state index in [2.05, 4.69) is 36.1 Å². The average Bonchev–Trinajstić information content (AvgIpc) is 2.98. The first-order valence-electron chi connectivity index (χ1n) is 7.76. The largest absolute Gasteiger partial charge is 0.453 e. The zero-order chi connectivity index (χ0) is 18.9. The van der Waals surface area contributed by atoms with Crippen molar-refractivity contribution < 1.29 is 14.1 Å². The van der Waals surface area contributed by atoms with Crippen molar-refractivity contribution in [3.63, 3.8) is 0 Å². The van der Waals surface area contributed by atoms with Crippen LogP contribution >= 0.6 is 11.3 Å². The summed E-state index contributed by atoms with van der Waals surface area (Å²) in [4.78, 5) is 15.2. The Balaban J connectivity index is 1.97. The van der Waals surface area contributed by atoms with Gasteiger partial charge in [-0.2, -0.15) is 0 Å². The number of benzene rings is 1. The van der Waals surface area contributed by atoms with Gasteiger partial charge in [0.1, 0.15) is 13.8 Å². The third-order valence-electron chi connectivity index (χ3n) is 3.28. The molecule has 0 aliphatic carbocycles. The molecule has 0 saturated carbocycles. The van der Waals surface area contributed by atoms with E-state index in [0.717, 1.165) is 21.2 Å². The van der Waals surface area contributed by atoms with E-state index in [0.29, 0.717) is 5.75 Å². The Kier molecular flexibility index (Phi) is 4.76. The zero-order valence-electron chi connectivity index (χ0n) is 14.4. The molecule has 0 unspecified atom stereocenters. The summed E-state index contributed by atoms with van der Waals surface area (Å²) in [6.45, 7) is 6.49. The molecule has 0 aliphatic rings. The lowest BCUT2D eigenvalue weighted by atomic mass is 10.3. The minimum atomic E-state index is -1.50. The molecule has 0 atom stereocenters. The highest BCUT2D eigenvalue weighted by Crippen LogP contribution is 2.36. The first kappa shape index (κ1) is 18.0. The second kappa shape index (κ2) is 6.86. The van der Waals surface area contributed by atoms with Gasteiger partial charge in [0.05, 0.1) is 26.1 Å². The minimum Gasteiger partial charge on any atom is -0.453 e. The lowest BCUT2D eigenvalue weighted by Gasteiger charge is -2.07. The van der Waals surface area contributed by atoms with Crippen molar-refractivity contribution >= 4 is 35.3 Å². The molecule has 26 heavy (non-hydrogen) atoms. The molecule has 0 aliphatic heterocycles. The minimum absolute atomic E-state index is 0.0776. The van der Waals surface area contributed by atoms with Crippen molar-refractivity contribution in [2.75, 3.05) is 0 Å². The molecular weight excluding hydrogens is 371 g/mol. The highest BCUT2D eigenvalue weighted by Gasteiger charge is 2.15. The van der Waals surface area contributed by atoms with Gasteiger partial charge in [-0.25, -0.2) is 4.39 Å². The fraction of sp³-hybridized carbons (Fsp3) is 0.167. The quantitative estimate of drug-likeness (QED) is 0.263. The van der Waals surface area contributed by atoms with E-state index in [1.54, 1.807) is 12.3 Å². The Morgan fingerprint density at radius 1 is 1.23 bits per heavy atom. The molecule has 0 fully saturated rings. The molecule has 0 spiro atoms. The van der Waals surface area contributed by atoms with E-state index >= 15 is 0 Å². The van der Waals surface area contributed by atoms with Crippen LogP contribution in [0.2, 0.25) is 19.6 Å². The SMILES string of the molecule is C[Si](C)(C)C#Cc1cc2nccc(Oc3ccc([N+](=O)[O-])cc3F)c2s1. The fourth-order valence-electron chi connectivity index (χ4n) is 2.11. The Hall–Kier alpha value is -2.76. The van der Waals surface area contributed by atoms with Crippen LogP contribution in [0.3, 0.4) is 0 Å². The number of fused-ring (bicyclic) bond motifs is 1. The third kappa shape index (κ3) is 4.07. The molecule has 5 nitrogen and oxygen atoms in total. The Morgan fingerprint density at radius 3 is 2.65 bits per heavy atom. The predicted molar refractivity (Wildman–Crippen MR) is 103 cm³/mol. The molecule has 3 rings (SSSR count). The molecule has 1 aromatic carbocycles. The van der Waals surface area contributed by atoms with Crippen LogP contribution in [0.1, 0.15) is 4.88 Å². The first-order chi connectivity index (χ1) is 12.2. The van der Waals surface area contributed by atoms with Gasteiger partial charge in [0, 0.05) is 18.3 Å². The van der Waals surface area contributed by atoms with E-state index in [1.165, 1.54) is 23.5 Å². The van der Waals surface area contributed by atoms with Crippen molar-refractivity contribution in [1.82, 2.24) is 4.98 Å². The molecule has 2 aromatic heterocycles. The molecule has 0 amide bonds. The molecule has 3 aromatic rings. The number of hydrogen-bond donors (Lipinski definition) is 0. The van der Waals surface area contributed by atoms with Crippen molar-refractivity contribution in [1.29, 1.82) is 0 Å². The number of nitro groups is 1. The third-order valence-corrected chi connectivity index (χ3v) is 5.21. The number of hydrogen-bond acceptors (Lipinski definition) is 5. The number of pyridine rings is 1. The molecule has 132 valence electrons. The standard InChI is InChI=1S/C18H15FN2O3SSi/c1-26(2,3)9-7-13-11-15-18(25-13)17(6-8-20-15)24-16-5-4-12(21(22)23)10-14(16)19/h4-6,8,10-11H,1-3H3. The van der Waals surface area contributed by atoms with Gasteiger partial charge in [0.15, 0.2) is 11.6 Å². The summed E-state index contributed by atoms with van der Waals surface area (Å²) in [5.74, 6) is 2.75. The van der Waals surface area contributed by atoms with Crippen molar-refractivity contribution in [2.45, 2.75) is 19.6 Å². The maximum Gasteiger partial charge on any atom is 0.272 e. The predicted octanol–water partition coefficient (Wildman–Crippen LogP) is 5.36. The molecule has 0 radical (unpaired) electrons. The summed E-state index contributed by atoms with van der Waals surface area (Å²) in [6.07, 6.45) is 1.57. The van der Waals surface area contributed by atoms with Gasteiger partial charge in [-0.3, -0.25) is 15.1 Å². The van der Waals surface area contributed by atoms with Crippen LogP contribution in [0.5, 0.6) is 11.5 Å². The van der Waals surface area contributed by atoms with Crippen LogP contribution in [-0.4, -0.2) is 18.0 Å². The van der Waals surface area contributed by atoms with Gasteiger partial charge in [0.25, 0.3) is 5.69 Å². The summed E-state index contributed by atoms with van der Waals surface area (Å²) < 4.78 is 20.5. The topological polar surface area (TPSA) is 65.3 Å². The maximum atomic E-state index is 14.1.